The monoisotopic (exact) mass is 252 g/mol. The molecule has 2 atom stereocenters. The Kier molecular flexibility index (Phi) is 2.04. The average Bonchev–Trinajstić information content (AvgIpc) is 2.80. The van der Waals surface area contributed by atoms with Crippen LogP contribution >= 0.6 is 23.1 Å². The second-order valence-electron chi connectivity index (χ2n) is 5.33. The molecule has 2 fully saturated rings. The van der Waals surface area contributed by atoms with Gasteiger partial charge in [-0.3, -0.25) is 0 Å². The van der Waals surface area contributed by atoms with Crippen molar-refractivity contribution in [2.75, 3.05) is 5.75 Å². The van der Waals surface area contributed by atoms with E-state index >= 15 is 0 Å². The molecule has 0 radical (unpaired) electrons. The van der Waals surface area contributed by atoms with E-state index in [9.17, 15) is 5.11 Å². The van der Waals surface area contributed by atoms with Crippen molar-refractivity contribution in [3.63, 3.8) is 0 Å². The van der Waals surface area contributed by atoms with Crippen LogP contribution in [0.15, 0.2) is 6.07 Å². The molecule has 1 N–H and O–H groups in total. The van der Waals surface area contributed by atoms with Crippen molar-refractivity contribution < 1.29 is 5.11 Å². The Labute approximate surface area is 104 Å². The lowest BCUT2D eigenvalue weighted by Crippen LogP contribution is -2.10. The highest BCUT2D eigenvalue weighted by Gasteiger charge is 2.66. The summed E-state index contributed by atoms with van der Waals surface area (Å²) in [5.41, 5.74) is 1.11. The lowest BCUT2D eigenvalue weighted by atomic mass is 10.1. The molecule has 3 aliphatic rings. The van der Waals surface area contributed by atoms with Crippen molar-refractivity contribution in [2.24, 2.45) is 11.8 Å². The van der Waals surface area contributed by atoms with Gasteiger partial charge in [-0.25, -0.2) is 0 Å². The molecule has 1 nitrogen and oxygen atoms in total. The van der Waals surface area contributed by atoms with Crippen LogP contribution < -0.4 is 0 Å². The van der Waals surface area contributed by atoms with Crippen LogP contribution in [0.5, 0.6) is 0 Å². The van der Waals surface area contributed by atoms with E-state index in [1.807, 2.05) is 23.1 Å². The minimum atomic E-state index is -0.398. The lowest BCUT2D eigenvalue weighted by molar-refractivity contribution is 0.109. The molecule has 1 aromatic rings. The number of thiophene rings is 1. The van der Waals surface area contributed by atoms with Gasteiger partial charge in [0.25, 0.3) is 0 Å². The van der Waals surface area contributed by atoms with Crippen LogP contribution in [0.3, 0.4) is 0 Å². The molecule has 3 heteroatoms. The van der Waals surface area contributed by atoms with Gasteiger partial charge in [0.15, 0.2) is 0 Å². The smallest absolute Gasteiger partial charge is 0.105 e. The Balaban J connectivity index is 1.71. The van der Waals surface area contributed by atoms with Crippen LogP contribution in [0.25, 0.3) is 0 Å². The highest BCUT2D eigenvalue weighted by Crippen LogP contribution is 2.67. The molecule has 0 saturated heterocycles. The number of rotatable bonds is 1. The van der Waals surface area contributed by atoms with Gasteiger partial charge in [-0.1, -0.05) is 6.42 Å². The number of hydrogen-bond acceptors (Lipinski definition) is 3. The van der Waals surface area contributed by atoms with Gasteiger partial charge in [-0.15, -0.1) is 11.3 Å². The number of thioether (sulfide) groups is 1. The average molecular weight is 252 g/mol. The summed E-state index contributed by atoms with van der Waals surface area (Å²) in [6.45, 7) is 0. The van der Waals surface area contributed by atoms with Crippen LogP contribution in [-0.4, -0.2) is 10.9 Å². The van der Waals surface area contributed by atoms with E-state index in [0.29, 0.717) is 11.8 Å². The highest BCUT2D eigenvalue weighted by molar-refractivity contribution is 7.98. The Bertz CT molecular complexity index is 404. The molecule has 2 heterocycles. The molecule has 1 aromatic heterocycles. The third-order valence-corrected chi connectivity index (χ3v) is 6.95. The third kappa shape index (κ3) is 1.17. The summed E-state index contributed by atoms with van der Waals surface area (Å²) in [7, 11) is 0. The molecule has 4 rings (SSSR count). The Morgan fingerprint density at radius 3 is 2.88 bits per heavy atom. The first kappa shape index (κ1) is 9.98. The Morgan fingerprint density at radius 2 is 2.12 bits per heavy atom. The van der Waals surface area contributed by atoms with Crippen molar-refractivity contribution in [1.29, 1.82) is 0 Å². The van der Waals surface area contributed by atoms with Gasteiger partial charge in [0.2, 0.25) is 0 Å². The summed E-state index contributed by atoms with van der Waals surface area (Å²) in [6.07, 6.45) is 5.05. The van der Waals surface area contributed by atoms with Gasteiger partial charge in [-0.2, -0.15) is 11.8 Å². The fraction of sp³-hybridized carbons (Fsp3) is 0.692. The first-order valence-corrected chi connectivity index (χ1v) is 8.19. The number of hydrogen-bond donors (Lipinski definition) is 1. The number of aliphatic hydroxyl groups is 1. The predicted octanol–water partition coefficient (Wildman–Crippen LogP) is 3.15. The van der Waals surface area contributed by atoms with E-state index in [1.54, 1.807) is 4.88 Å². The van der Waals surface area contributed by atoms with Gasteiger partial charge >= 0.3 is 0 Å². The maximum Gasteiger partial charge on any atom is 0.105 e. The minimum absolute atomic E-state index is 0.398. The van der Waals surface area contributed by atoms with Gasteiger partial charge in [-0.05, 0) is 48.5 Å². The number of aryl methyl sites for hydroxylation is 1. The fourth-order valence-electron chi connectivity index (χ4n) is 3.63. The van der Waals surface area contributed by atoms with Gasteiger partial charge in [0.1, 0.15) is 5.60 Å². The van der Waals surface area contributed by atoms with Crippen molar-refractivity contribution in [2.45, 2.75) is 37.0 Å². The third-order valence-electron chi connectivity index (χ3n) is 4.56. The van der Waals surface area contributed by atoms with Gasteiger partial charge in [0.05, 0.1) is 0 Å². The highest BCUT2D eigenvalue weighted by atomic mass is 32.2. The van der Waals surface area contributed by atoms with Crippen LogP contribution in [0.4, 0.5) is 0 Å². The van der Waals surface area contributed by atoms with E-state index in [2.05, 4.69) is 6.07 Å². The summed E-state index contributed by atoms with van der Waals surface area (Å²) in [5, 5.41) is 10.7. The summed E-state index contributed by atoms with van der Waals surface area (Å²) < 4.78 is 0. The van der Waals surface area contributed by atoms with Gasteiger partial charge in [0, 0.05) is 15.5 Å². The fourth-order valence-corrected chi connectivity index (χ4v) is 6.22. The standard InChI is InChI=1S/C13H16OS2/c14-13(9-2-1-3-10(9)13)12-6-8-7-15-5-4-11(8)16-12/h6,9-10,14H,1-5,7H2. The quantitative estimate of drug-likeness (QED) is 0.828. The van der Waals surface area contributed by atoms with E-state index in [1.165, 1.54) is 41.9 Å². The van der Waals surface area contributed by atoms with Gasteiger partial charge < -0.3 is 5.11 Å². The molecule has 2 saturated carbocycles. The molecule has 16 heavy (non-hydrogen) atoms. The molecule has 2 unspecified atom stereocenters. The molecule has 2 aliphatic carbocycles. The largest absolute Gasteiger partial charge is 0.384 e. The molecular weight excluding hydrogens is 236 g/mol. The molecular formula is C13H16OS2. The zero-order chi connectivity index (χ0) is 10.8. The van der Waals surface area contributed by atoms with Crippen molar-refractivity contribution in [1.82, 2.24) is 0 Å². The Morgan fingerprint density at radius 1 is 1.31 bits per heavy atom. The molecule has 0 spiro atoms. The summed E-state index contributed by atoms with van der Waals surface area (Å²) >= 11 is 3.93. The molecule has 0 bridgehead atoms. The van der Waals surface area contributed by atoms with Crippen LogP contribution in [0.2, 0.25) is 0 Å². The second-order valence-corrected chi connectivity index (χ2v) is 7.57. The number of fused-ring (bicyclic) bond motifs is 2. The first-order chi connectivity index (χ1) is 7.80. The zero-order valence-electron chi connectivity index (χ0n) is 9.24. The molecule has 0 amide bonds. The van der Waals surface area contributed by atoms with Crippen LogP contribution in [0.1, 0.15) is 34.6 Å². The minimum Gasteiger partial charge on any atom is -0.384 e. The lowest BCUT2D eigenvalue weighted by Gasteiger charge is -2.11. The normalized spacial score (nSPS) is 40.6. The van der Waals surface area contributed by atoms with Crippen LogP contribution in [0, 0.1) is 11.8 Å². The SMILES string of the molecule is OC1(c2cc3c(s2)CCSC3)C2CCCC21. The topological polar surface area (TPSA) is 20.2 Å². The molecule has 86 valence electrons. The summed E-state index contributed by atoms with van der Waals surface area (Å²) in [5.74, 6) is 3.62. The van der Waals surface area contributed by atoms with E-state index in [-0.39, 0.29) is 0 Å². The van der Waals surface area contributed by atoms with E-state index in [4.69, 9.17) is 0 Å². The summed E-state index contributed by atoms with van der Waals surface area (Å²) in [6, 6.07) is 2.31. The van der Waals surface area contributed by atoms with Crippen molar-refractivity contribution >= 4 is 23.1 Å². The predicted molar refractivity (Wildman–Crippen MR) is 68.9 cm³/mol. The Hall–Kier alpha value is 0.01000. The maximum atomic E-state index is 10.7. The molecule has 1 aliphatic heterocycles. The summed E-state index contributed by atoms with van der Waals surface area (Å²) in [4.78, 5) is 2.84. The second kappa shape index (κ2) is 3.27. The molecule has 0 aromatic carbocycles. The van der Waals surface area contributed by atoms with E-state index in [0.717, 1.165) is 5.75 Å². The first-order valence-electron chi connectivity index (χ1n) is 6.22. The van der Waals surface area contributed by atoms with Crippen molar-refractivity contribution in [3.05, 3.63) is 21.4 Å². The van der Waals surface area contributed by atoms with Crippen molar-refractivity contribution in [3.8, 4) is 0 Å². The van der Waals surface area contributed by atoms with E-state index < -0.39 is 5.60 Å². The maximum absolute atomic E-state index is 10.7. The zero-order valence-corrected chi connectivity index (χ0v) is 10.9. The van der Waals surface area contributed by atoms with Crippen LogP contribution in [-0.2, 0) is 17.8 Å².